The van der Waals surface area contributed by atoms with Crippen LogP contribution in [-0.2, 0) is 14.3 Å². The maximum atomic E-state index is 12.8. The number of halogens is 2. The molecule has 1 amide bonds. The van der Waals surface area contributed by atoms with Crippen molar-refractivity contribution in [1.29, 1.82) is 0 Å². The Hall–Kier alpha value is -2.30. The highest BCUT2D eigenvalue weighted by Gasteiger charge is 2.27. The van der Waals surface area contributed by atoms with Gasteiger partial charge in [0.25, 0.3) is 5.91 Å². The molecule has 142 valence electrons. The zero-order valence-electron chi connectivity index (χ0n) is 15.2. The first-order valence-electron chi connectivity index (χ1n) is 8.63. The van der Waals surface area contributed by atoms with Crippen molar-refractivity contribution in [3.05, 3.63) is 75.8 Å². The first kappa shape index (κ1) is 21.0. The van der Waals surface area contributed by atoms with E-state index in [2.05, 4.69) is 0 Å². The van der Waals surface area contributed by atoms with Crippen LogP contribution in [0.15, 0.2) is 54.6 Å². The molecule has 2 aromatic carbocycles. The van der Waals surface area contributed by atoms with Crippen molar-refractivity contribution in [3.8, 4) is 0 Å². The standard InChI is InChI=1S/C21H21Cl2NO3/c1-3-24(4-2)21(26)20(16-8-6-5-7-9-16)27-19(25)13-11-15-10-12-17(22)18(23)14-15/h5-14,20H,3-4H2,1-2H3/b13-11-. The van der Waals surface area contributed by atoms with Crippen LogP contribution in [-0.4, -0.2) is 29.9 Å². The van der Waals surface area contributed by atoms with Crippen LogP contribution in [0.1, 0.15) is 31.1 Å². The summed E-state index contributed by atoms with van der Waals surface area (Å²) >= 11 is 11.9. The van der Waals surface area contributed by atoms with Gasteiger partial charge in [0.1, 0.15) is 0 Å². The van der Waals surface area contributed by atoms with E-state index < -0.39 is 12.1 Å². The Kier molecular flexibility index (Phi) is 7.89. The first-order valence-corrected chi connectivity index (χ1v) is 9.39. The molecular weight excluding hydrogens is 385 g/mol. The van der Waals surface area contributed by atoms with Crippen molar-refractivity contribution in [2.24, 2.45) is 0 Å². The number of hydrogen-bond donors (Lipinski definition) is 0. The summed E-state index contributed by atoms with van der Waals surface area (Å²) < 4.78 is 5.48. The number of benzene rings is 2. The summed E-state index contributed by atoms with van der Waals surface area (Å²) in [5.74, 6) is -0.863. The Morgan fingerprint density at radius 1 is 1.04 bits per heavy atom. The van der Waals surface area contributed by atoms with Gasteiger partial charge >= 0.3 is 5.97 Å². The summed E-state index contributed by atoms with van der Waals surface area (Å²) in [6.45, 7) is 4.84. The molecule has 0 heterocycles. The van der Waals surface area contributed by atoms with Crippen molar-refractivity contribution < 1.29 is 14.3 Å². The van der Waals surface area contributed by atoms with Crippen LogP contribution in [0, 0.1) is 0 Å². The molecule has 0 aliphatic rings. The summed E-state index contributed by atoms with van der Waals surface area (Å²) in [7, 11) is 0. The molecule has 0 aliphatic carbocycles. The largest absolute Gasteiger partial charge is 0.444 e. The molecule has 27 heavy (non-hydrogen) atoms. The van der Waals surface area contributed by atoms with E-state index in [4.69, 9.17) is 27.9 Å². The van der Waals surface area contributed by atoms with Gasteiger partial charge in [-0.1, -0.05) is 59.6 Å². The van der Waals surface area contributed by atoms with Gasteiger partial charge in [-0.2, -0.15) is 0 Å². The fraction of sp³-hybridized carbons (Fsp3) is 0.238. The number of carbonyl (C=O) groups is 2. The summed E-state index contributed by atoms with van der Waals surface area (Å²) in [4.78, 5) is 26.7. The lowest BCUT2D eigenvalue weighted by Gasteiger charge is -2.25. The van der Waals surface area contributed by atoms with Gasteiger partial charge in [-0.05, 0) is 37.6 Å². The zero-order chi connectivity index (χ0) is 19.8. The van der Waals surface area contributed by atoms with Crippen molar-refractivity contribution in [3.63, 3.8) is 0 Å². The average Bonchev–Trinajstić information content (AvgIpc) is 2.68. The zero-order valence-corrected chi connectivity index (χ0v) is 16.7. The van der Waals surface area contributed by atoms with Crippen LogP contribution in [0.2, 0.25) is 10.0 Å². The third-order valence-corrected chi connectivity index (χ3v) is 4.73. The first-order chi connectivity index (χ1) is 13.0. The smallest absolute Gasteiger partial charge is 0.331 e. The predicted octanol–water partition coefficient (Wildman–Crippen LogP) is 5.16. The monoisotopic (exact) mass is 405 g/mol. The van der Waals surface area contributed by atoms with E-state index in [9.17, 15) is 9.59 Å². The summed E-state index contributed by atoms with van der Waals surface area (Å²) in [6, 6.07) is 14.0. The molecule has 0 saturated carbocycles. The molecule has 6 heteroatoms. The number of carbonyl (C=O) groups excluding carboxylic acids is 2. The molecule has 2 aromatic rings. The molecular formula is C21H21Cl2NO3. The number of rotatable bonds is 7. The SMILES string of the molecule is CCN(CC)C(=O)C(OC(=O)/C=C\c1ccc(Cl)c(Cl)c1)c1ccccc1. The minimum atomic E-state index is -0.989. The Bertz CT molecular complexity index is 817. The molecule has 0 aliphatic heterocycles. The third kappa shape index (κ3) is 5.84. The minimum absolute atomic E-state index is 0.248. The second-order valence-corrected chi connectivity index (χ2v) is 6.56. The number of likely N-dealkylation sites (N-methyl/N-ethyl adjacent to an activating group) is 1. The Morgan fingerprint density at radius 3 is 2.30 bits per heavy atom. The maximum Gasteiger partial charge on any atom is 0.331 e. The molecule has 0 saturated heterocycles. The van der Waals surface area contributed by atoms with Gasteiger partial charge in [-0.25, -0.2) is 4.79 Å². The second-order valence-electron chi connectivity index (χ2n) is 5.75. The normalized spacial score (nSPS) is 12.0. The number of ether oxygens (including phenoxy) is 1. The summed E-state index contributed by atoms with van der Waals surface area (Å²) in [5, 5.41) is 0.830. The number of nitrogens with zero attached hydrogens (tertiary/aromatic N) is 1. The van der Waals surface area contributed by atoms with Gasteiger partial charge < -0.3 is 9.64 Å². The number of amides is 1. The van der Waals surface area contributed by atoms with Crippen molar-refractivity contribution in [2.45, 2.75) is 20.0 Å². The van der Waals surface area contributed by atoms with E-state index in [0.29, 0.717) is 34.3 Å². The molecule has 0 radical (unpaired) electrons. The van der Waals surface area contributed by atoms with Gasteiger partial charge in [-0.15, -0.1) is 0 Å². The van der Waals surface area contributed by atoms with Crippen molar-refractivity contribution in [2.75, 3.05) is 13.1 Å². The van der Waals surface area contributed by atoms with Gasteiger partial charge in [0.15, 0.2) is 0 Å². The molecule has 0 aromatic heterocycles. The number of esters is 1. The molecule has 0 spiro atoms. The van der Waals surface area contributed by atoms with E-state index >= 15 is 0 Å². The molecule has 1 unspecified atom stereocenters. The van der Waals surface area contributed by atoms with Crippen LogP contribution in [0.3, 0.4) is 0 Å². The fourth-order valence-corrected chi connectivity index (χ4v) is 2.83. The predicted molar refractivity (Wildman–Crippen MR) is 109 cm³/mol. The third-order valence-electron chi connectivity index (χ3n) is 3.99. The highest BCUT2D eigenvalue weighted by Crippen LogP contribution is 2.24. The molecule has 0 fully saturated rings. The number of hydrogen-bond acceptors (Lipinski definition) is 3. The summed E-state index contributed by atoms with van der Waals surface area (Å²) in [6.07, 6.45) is 1.84. The highest BCUT2D eigenvalue weighted by atomic mass is 35.5. The summed E-state index contributed by atoms with van der Waals surface area (Å²) in [5.41, 5.74) is 1.33. The highest BCUT2D eigenvalue weighted by molar-refractivity contribution is 6.42. The molecule has 0 N–H and O–H groups in total. The maximum absolute atomic E-state index is 12.8. The van der Waals surface area contributed by atoms with Crippen molar-refractivity contribution in [1.82, 2.24) is 4.90 Å². The molecule has 0 bridgehead atoms. The van der Waals surface area contributed by atoms with Crippen LogP contribution in [0.5, 0.6) is 0 Å². The van der Waals surface area contributed by atoms with Crippen LogP contribution >= 0.6 is 23.2 Å². The quantitative estimate of drug-likeness (QED) is 0.471. The molecule has 1 atom stereocenters. The van der Waals surface area contributed by atoms with Gasteiger partial charge in [-0.3, -0.25) is 4.79 Å². The van der Waals surface area contributed by atoms with Gasteiger partial charge in [0, 0.05) is 24.7 Å². The minimum Gasteiger partial charge on any atom is -0.444 e. The van der Waals surface area contributed by atoms with E-state index in [1.807, 2.05) is 19.9 Å². The van der Waals surface area contributed by atoms with Crippen LogP contribution in [0.4, 0.5) is 0 Å². The van der Waals surface area contributed by atoms with Gasteiger partial charge in [0.05, 0.1) is 10.0 Å². The Balaban J connectivity index is 2.18. The fourth-order valence-electron chi connectivity index (χ4n) is 2.53. The lowest BCUT2D eigenvalue weighted by Crippen LogP contribution is -2.36. The Morgan fingerprint density at radius 2 is 1.70 bits per heavy atom. The molecule has 2 rings (SSSR count). The van der Waals surface area contributed by atoms with Gasteiger partial charge in [0.2, 0.25) is 6.10 Å². The Labute approximate surface area is 169 Å². The van der Waals surface area contributed by atoms with E-state index in [1.54, 1.807) is 53.4 Å². The second kappa shape index (κ2) is 10.1. The average molecular weight is 406 g/mol. The van der Waals surface area contributed by atoms with Crippen molar-refractivity contribution >= 4 is 41.2 Å². The lowest BCUT2D eigenvalue weighted by atomic mass is 10.1. The topological polar surface area (TPSA) is 46.6 Å². The van der Waals surface area contributed by atoms with Crippen LogP contribution in [0.25, 0.3) is 6.08 Å². The molecule has 4 nitrogen and oxygen atoms in total. The van der Waals surface area contributed by atoms with Crippen LogP contribution < -0.4 is 0 Å². The van der Waals surface area contributed by atoms with E-state index in [0.717, 1.165) is 0 Å². The lowest BCUT2D eigenvalue weighted by molar-refractivity contribution is -0.157. The van der Waals surface area contributed by atoms with E-state index in [-0.39, 0.29) is 5.91 Å². The van der Waals surface area contributed by atoms with E-state index in [1.165, 1.54) is 6.08 Å².